The molecule has 0 saturated carbocycles. The summed E-state index contributed by atoms with van der Waals surface area (Å²) in [4.78, 5) is 16.6. The van der Waals surface area contributed by atoms with Gasteiger partial charge < -0.3 is 9.26 Å². The first-order valence-electron chi connectivity index (χ1n) is 6.63. The quantitative estimate of drug-likeness (QED) is 0.757. The summed E-state index contributed by atoms with van der Waals surface area (Å²) in [5.74, 6) is 0.307. The number of hydrogen-bond acceptors (Lipinski definition) is 5. The van der Waals surface area contributed by atoms with E-state index in [4.69, 9.17) is 9.26 Å². The first-order valence-corrected chi connectivity index (χ1v) is 6.63. The summed E-state index contributed by atoms with van der Waals surface area (Å²) >= 11 is 0. The molecule has 5 heteroatoms. The summed E-state index contributed by atoms with van der Waals surface area (Å²) in [6, 6.07) is 9.09. The molecule has 106 valence electrons. The Hall–Kier alpha value is -2.01. The molecule has 1 aromatic heterocycles. The van der Waals surface area contributed by atoms with Crippen molar-refractivity contribution in [2.24, 2.45) is 0 Å². The average molecular weight is 274 g/mol. The van der Waals surface area contributed by atoms with Crippen molar-refractivity contribution < 1.29 is 14.1 Å². The fourth-order valence-electron chi connectivity index (χ4n) is 1.97. The van der Waals surface area contributed by atoms with Gasteiger partial charge in [-0.3, -0.25) is 4.79 Å². The lowest BCUT2D eigenvalue weighted by atomic mass is 9.99. The van der Waals surface area contributed by atoms with Crippen molar-refractivity contribution in [1.82, 2.24) is 10.1 Å². The second-order valence-electron chi connectivity index (χ2n) is 4.58. The lowest BCUT2D eigenvalue weighted by Gasteiger charge is -2.07. The third-order valence-electron chi connectivity index (χ3n) is 3.22. The number of nitrogens with zero attached hydrogens (tertiary/aromatic N) is 2. The summed E-state index contributed by atoms with van der Waals surface area (Å²) in [7, 11) is 1.60. The first-order chi connectivity index (χ1) is 9.67. The third-order valence-corrected chi connectivity index (χ3v) is 3.22. The molecular weight excluding hydrogens is 256 g/mol. The summed E-state index contributed by atoms with van der Waals surface area (Å²) in [5, 5.41) is 3.89. The number of methoxy groups -OCH3 is 1. The maximum atomic E-state index is 12.3. The van der Waals surface area contributed by atoms with Crippen molar-refractivity contribution in [3.63, 3.8) is 0 Å². The molecule has 0 radical (unpaired) electrons. The van der Waals surface area contributed by atoms with Crippen LogP contribution in [-0.2, 0) is 4.74 Å². The Morgan fingerprint density at radius 2 is 2.05 bits per heavy atom. The topological polar surface area (TPSA) is 65.2 Å². The molecule has 2 unspecified atom stereocenters. The number of carbonyl (C=O) groups is 1. The number of rotatable bonds is 6. The maximum absolute atomic E-state index is 12.3. The van der Waals surface area contributed by atoms with Gasteiger partial charge in [-0.1, -0.05) is 42.4 Å². The van der Waals surface area contributed by atoms with Crippen LogP contribution >= 0.6 is 0 Å². The van der Waals surface area contributed by atoms with E-state index in [1.165, 1.54) is 0 Å². The summed E-state index contributed by atoms with van der Waals surface area (Å²) in [6.07, 6.45) is 0.544. The van der Waals surface area contributed by atoms with Gasteiger partial charge in [0.1, 0.15) is 6.10 Å². The van der Waals surface area contributed by atoms with Crippen molar-refractivity contribution in [2.45, 2.75) is 32.3 Å². The molecule has 0 fully saturated rings. The van der Waals surface area contributed by atoms with Crippen LogP contribution in [-0.4, -0.2) is 23.0 Å². The minimum Gasteiger partial charge on any atom is -0.373 e. The molecule has 0 N–H and O–H groups in total. The van der Waals surface area contributed by atoms with E-state index in [1.807, 2.05) is 25.1 Å². The fraction of sp³-hybridized carbons (Fsp3) is 0.400. The van der Waals surface area contributed by atoms with Crippen LogP contribution in [0, 0.1) is 0 Å². The van der Waals surface area contributed by atoms with E-state index in [9.17, 15) is 4.79 Å². The van der Waals surface area contributed by atoms with Gasteiger partial charge in [-0.2, -0.15) is 4.98 Å². The molecule has 0 aliphatic heterocycles. The van der Waals surface area contributed by atoms with Crippen LogP contribution in [0.4, 0.5) is 0 Å². The lowest BCUT2D eigenvalue weighted by Crippen LogP contribution is -2.10. The lowest BCUT2D eigenvalue weighted by molar-refractivity contribution is 0.0903. The molecule has 0 aliphatic carbocycles. The molecule has 0 amide bonds. The fourth-order valence-corrected chi connectivity index (χ4v) is 1.97. The number of hydrogen-bond donors (Lipinski definition) is 0. The van der Waals surface area contributed by atoms with E-state index in [1.54, 1.807) is 26.2 Å². The van der Waals surface area contributed by atoms with Gasteiger partial charge in [-0.25, -0.2) is 0 Å². The van der Waals surface area contributed by atoms with E-state index in [-0.39, 0.29) is 11.9 Å². The highest BCUT2D eigenvalue weighted by Gasteiger charge is 2.25. The summed E-state index contributed by atoms with van der Waals surface area (Å²) in [6.45, 7) is 3.74. The van der Waals surface area contributed by atoms with Gasteiger partial charge in [0, 0.05) is 12.7 Å². The van der Waals surface area contributed by atoms with E-state index < -0.39 is 5.92 Å². The van der Waals surface area contributed by atoms with Crippen LogP contribution in [0.1, 0.15) is 54.4 Å². The van der Waals surface area contributed by atoms with E-state index in [0.29, 0.717) is 17.3 Å². The average Bonchev–Trinajstić information content (AvgIpc) is 2.97. The largest absolute Gasteiger partial charge is 0.373 e. The number of Topliss-reactive ketones (excluding diaryl/α,β-unsaturated/α-hetero) is 1. The van der Waals surface area contributed by atoms with Crippen LogP contribution in [0.25, 0.3) is 0 Å². The molecule has 2 atom stereocenters. The molecule has 1 aromatic carbocycles. The molecular formula is C15H18N2O3. The van der Waals surface area contributed by atoms with Crippen molar-refractivity contribution in [1.29, 1.82) is 0 Å². The molecule has 0 aliphatic rings. The predicted molar refractivity (Wildman–Crippen MR) is 73.5 cm³/mol. The Bertz CT molecular complexity index is 562. The zero-order valence-corrected chi connectivity index (χ0v) is 11.9. The van der Waals surface area contributed by atoms with Crippen LogP contribution < -0.4 is 0 Å². The van der Waals surface area contributed by atoms with E-state index in [2.05, 4.69) is 10.1 Å². The monoisotopic (exact) mass is 274 g/mol. The molecule has 0 spiro atoms. The maximum Gasteiger partial charge on any atom is 0.237 e. The van der Waals surface area contributed by atoms with Gasteiger partial charge in [-0.05, 0) is 13.3 Å². The van der Waals surface area contributed by atoms with Crippen LogP contribution in [0.2, 0.25) is 0 Å². The van der Waals surface area contributed by atoms with Crippen molar-refractivity contribution >= 4 is 5.78 Å². The normalized spacial score (nSPS) is 13.9. The predicted octanol–water partition coefficient (Wildman–Crippen LogP) is 3.15. The zero-order chi connectivity index (χ0) is 14.5. The van der Waals surface area contributed by atoms with Crippen LogP contribution in [0.15, 0.2) is 34.9 Å². The number of aromatic nitrogens is 2. The molecule has 5 nitrogen and oxygen atoms in total. The highest BCUT2D eigenvalue weighted by molar-refractivity contribution is 6.00. The Balaban J connectivity index is 2.17. The Morgan fingerprint density at radius 3 is 2.65 bits per heavy atom. The van der Waals surface area contributed by atoms with Gasteiger partial charge in [0.25, 0.3) is 0 Å². The Kier molecular flexibility index (Phi) is 4.63. The van der Waals surface area contributed by atoms with Crippen LogP contribution in [0.3, 0.4) is 0 Å². The molecule has 0 bridgehead atoms. The Morgan fingerprint density at radius 1 is 1.35 bits per heavy atom. The van der Waals surface area contributed by atoms with Gasteiger partial charge >= 0.3 is 0 Å². The van der Waals surface area contributed by atoms with E-state index in [0.717, 1.165) is 6.42 Å². The second-order valence-corrected chi connectivity index (χ2v) is 4.58. The van der Waals surface area contributed by atoms with Gasteiger partial charge in [0.2, 0.25) is 11.7 Å². The second kappa shape index (κ2) is 6.43. The smallest absolute Gasteiger partial charge is 0.237 e. The van der Waals surface area contributed by atoms with Gasteiger partial charge in [0.05, 0.1) is 5.92 Å². The molecule has 2 rings (SSSR count). The minimum atomic E-state index is -0.465. The SMILES string of the molecule is CCC(OC)c1noc(C(C)C(=O)c2ccccc2)n1. The zero-order valence-electron chi connectivity index (χ0n) is 11.9. The molecule has 2 aromatic rings. The van der Waals surface area contributed by atoms with Crippen LogP contribution in [0.5, 0.6) is 0 Å². The van der Waals surface area contributed by atoms with Gasteiger partial charge in [-0.15, -0.1) is 0 Å². The summed E-state index contributed by atoms with van der Waals surface area (Å²) in [5.41, 5.74) is 0.638. The van der Waals surface area contributed by atoms with Gasteiger partial charge in [0.15, 0.2) is 5.78 Å². The van der Waals surface area contributed by atoms with Crippen molar-refractivity contribution in [2.75, 3.05) is 7.11 Å². The number of ether oxygens (including phenoxy) is 1. The number of benzene rings is 1. The summed E-state index contributed by atoms with van der Waals surface area (Å²) < 4.78 is 10.4. The highest BCUT2D eigenvalue weighted by Crippen LogP contribution is 2.22. The van der Waals surface area contributed by atoms with E-state index >= 15 is 0 Å². The number of carbonyl (C=O) groups excluding carboxylic acids is 1. The highest BCUT2D eigenvalue weighted by atomic mass is 16.5. The standard InChI is InChI=1S/C15H18N2O3/c1-4-12(19-3)14-16-15(20-17-14)10(2)13(18)11-8-6-5-7-9-11/h5-10,12H,4H2,1-3H3. The molecule has 20 heavy (non-hydrogen) atoms. The minimum absolute atomic E-state index is 0.0359. The molecule has 1 heterocycles. The first kappa shape index (κ1) is 14.4. The third kappa shape index (κ3) is 2.93. The van der Waals surface area contributed by atoms with Crippen molar-refractivity contribution in [3.05, 3.63) is 47.6 Å². The number of ketones is 1. The Labute approximate surface area is 118 Å². The molecule has 0 saturated heterocycles. The van der Waals surface area contributed by atoms with Crippen molar-refractivity contribution in [3.8, 4) is 0 Å².